The second-order valence-electron chi connectivity index (χ2n) is 3.41. The number of aryl methyl sites for hydroxylation is 1. The molecule has 0 saturated carbocycles. The van der Waals surface area contributed by atoms with Crippen LogP contribution in [0.15, 0.2) is 12.1 Å². The molecule has 13 heavy (non-hydrogen) atoms. The van der Waals surface area contributed by atoms with Gasteiger partial charge in [-0.25, -0.2) is 4.39 Å². The molecule has 1 aromatic carbocycles. The van der Waals surface area contributed by atoms with Crippen LogP contribution in [0.1, 0.15) is 29.5 Å². The fraction of sp³-hybridized carbons (Fsp3) is 0.364. The highest BCUT2D eigenvalue weighted by Crippen LogP contribution is 2.24. The zero-order valence-electron chi connectivity index (χ0n) is 7.31. The highest BCUT2D eigenvalue weighted by Gasteiger charge is 2.14. The van der Waals surface area contributed by atoms with Crippen LogP contribution in [0.3, 0.4) is 0 Å². The summed E-state index contributed by atoms with van der Waals surface area (Å²) in [5, 5.41) is 8.65. The lowest BCUT2D eigenvalue weighted by Gasteiger charge is -2.16. The van der Waals surface area contributed by atoms with Crippen molar-refractivity contribution in [2.24, 2.45) is 0 Å². The summed E-state index contributed by atoms with van der Waals surface area (Å²) in [4.78, 5) is 0. The van der Waals surface area contributed by atoms with Crippen molar-refractivity contribution in [3.63, 3.8) is 0 Å². The molecule has 0 fully saturated rings. The van der Waals surface area contributed by atoms with E-state index in [-0.39, 0.29) is 5.82 Å². The van der Waals surface area contributed by atoms with Gasteiger partial charge in [-0.1, -0.05) is 0 Å². The lowest BCUT2D eigenvalue weighted by molar-refractivity contribution is 0.578. The molecule has 0 bridgehead atoms. The van der Waals surface area contributed by atoms with Crippen LogP contribution in [0.2, 0.25) is 0 Å². The number of hydrogen-bond donors (Lipinski definition) is 0. The molecule has 0 amide bonds. The summed E-state index contributed by atoms with van der Waals surface area (Å²) in [5.74, 6) is -0.200. The van der Waals surface area contributed by atoms with Gasteiger partial charge in [-0.2, -0.15) is 5.26 Å². The molecule has 0 heterocycles. The quantitative estimate of drug-likeness (QED) is 0.594. The topological polar surface area (TPSA) is 23.8 Å². The lowest BCUT2D eigenvalue weighted by atomic mass is 9.90. The van der Waals surface area contributed by atoms with Gasteiger partial charge in [0.2, 0.25) is 0 Å². The second-order valence-corrected chi connectivity index (χ2v) is 3.41. The Balaban J connectivity index is 2.54. The summed E-state index contributed by atoms with van der Waals surface area (Å²) < 4.78 is 13.4. The van der Waals surface area contributed by atoms with Crippen LogP contribution in [0, 0.1) is 17.1 Å². The maximum Gasteiger partial charge on any atom is 0.127 e. The second kappa shape index (κ2) is 3.18. The zero-order valence-corrected chi connectivity index (χ0v) is 7.31. The summed E-state index contributed by atoms with van der Waals surface area (Å²) in [5.41, 5.74) is 2.30. The van der Waals surface area contributed by atoms with Gasteiger partial charge in [0.05, 0.1) is 11.6 Å². The van der Waals surface area contributed by atoms with E-state index in [2.05, 4.69) is 0 Å². The van der Waals surface area contributed by atoms with Crippen molar-refractivity contribution in [1.29, 1.82) is 5.26 Å². The molecule has 0 saturated heterocycles. The van der Waals surface area contributed by atoms with Gasteiger partial charge in [0, 0.05) is 0 Å². The van der Waals surface area contributed by atoms with Crippen LogP contribution in [0.4, 0.5) is 4.39 Å². The molecular weight excluding hydrogens is 165 g/mol. The molecule has 2 rings (SSSR count). The summed E-state index contributed by atoms with van der Waals surface area (Å²) in [6.07, 6.45) is 3.92. The van der Waals surface area contributed by atoms with Crippen LogP contribution in [-0.4, -0.2) is 0 Å². The fourth-order valence-corrected chi connectivity index (χ4v) is 1.88. The third-order valence-electron chi connectivity index (χ3n) is 2.54. The van der Waals surface area contributed by atoms with Crippen molar-refractivity contribution < 1.29 is 4.39 Å². The molecule has 1 nitrogen and oxygen atoms in total. The van der Waals surface area contributed by atoms with E-state index in [1.165, 1.54) is 6.07 Å². The minimum atomic E-state index is -0.200. The molecule has 0 atom stereocenters. The van der Waals surface area contributed by atoms with Crippen molar-refractivity contribution in [3.05, 3.63) is 34.6 Å². The Morgan fingerprint density at radius 2 is 2.00 bits per heavy atom. The van der Waals surface area contributed by atoms with E-state index in [4.69, 9.17) is 5.26 Å². The van der Waals surface area contributed by atoms with Gasteiger partial charge < -0.3 is 0 Å². The molecule has 2 heteroatoms. The van der Waals surface area contributed by atoms with Gasteiger partial charge in [-0.15, -0.1) is 0 Å². The van der Waals surface area contributed by atoms with Gasteiger partial charge in [-0.3, -0.25) is 0 Å². The Morgan fingerprint density at radius 3 is 2.77 bits per heavy atom. The Bertz CT molecular complexity index is 376. The van der Waals surface area contributed by atoms with E-state index in [0.717, 1.165) is 36.8 Å². The number of nitrogens with zero attached hydrogens (tertiary/aromatic N) is 1. The predicted octanol–water partition coefficient (Wildman–Crippen LogP) is 2.58. The molecular formula is C11H10FN. The third-order valence-corrected chi connectivity index (χ3v) is 2.54. The van der Waals surface area contributed by atoms with Crippen LogP contribution in [0.5, 0.6) is 0 Å². The minimum Gasteiger partial charge on any atom is -0.207 e. The van der Waals surface area contributed by atoms with E-state index >= 15 is 0 Å². The van der Waals surface area contributed by atoms with Gasteiger partial charge in [0.1, 0.15) is 5.82 Å². The molecule has 66 valence electrons. The van der Waals surface area contributed by atoms with Crippen molar-refractivity contribution in [1.82, 2.24) is 0 Å². The van der Waals surface area contributed by atoms with Gasteiger partial charge in [-0.05, 0) is 48.9 Å². The number of nitriles is 1. The predicted molar refractivity (Wildman–Crippen MR) is 47.8 cm³/mol. The normalized spacial score (nSPS) is 14.8. The standard InChI is InChI=1S/C11H10FN/c12-11-6-8(7-13)5-9-3-1-2-4-10(9)11/h5-6H,1-4H2. The molecule has 0 aliphatic heterocycles. The van der Waals surface area contributed by atoms with E-state index < -0.39 is 0 Å². The minimum absolute atomic E-state index is 0.200. The summed E-state index contributed by atoms with van der Waals surface area (Å²) in [7, 11) is 0. The van der Waals surface area contributed by atoms with Crippen LogP contribution in [0.25, 0.3) is 0 Å². The van der Waals surface area contributed by atoms with Crippen LogP contribution in [-0.2, 0) is 12.8 Å². The van der Waals surface area contributed by atoms with Gasteiger partial charge >= 0.3 is 0 Å². The Labute approximate surface area is 76.8 Å². The zero-order chi connectivity index (χ0) is 9.26. The number of rotatable bonds is 0. The molecule has 0 aromatic heterocycles. The number of hydrogen-bond acceptors (Lipinski definition) is 1. The monoisotopic (exact) mass is 175 g/mol. The van der Waals surface area contributed by atoms with E-state index in [9.17, 15) is 4.39 Å². The van der Waals surface area contributed by atoms with Crippen molar-refractivity contribution >= 4 is 0 Å². The molecule has 1 aliphatic rings. The lowest BCUT2D eigenvalue weighted by Crippen LogP contribution is -2.05. The van der Waals surface area contributed by atoms with E-state index in [0.29, 0.717) is 5.56 Å². The van der Waals surface area contributed by atoms with Gasteiger partial charge in [0.25, 0.3) is 0 Å². The van der Waals surface area contributed by atoms with Crippen LogP contribution >= 0.6 is 0 Å². The molecule has 0 N–H and O–H groups in total. The Morgan fingerprint density at radius 1 is 1.23 bits per heavy atom. The van der Waals surface area contributed by atoms with Crippen molar-refractivity contribution in [2.45, 2.75) is 25.7 Å². The maximum atomic E-state index is 13.4. The first-order valence-electron chi connectivity index (χ1n) is 4.52. The molecule has 0 radical (unpaired) electrons. The smallest absolute Gasteiger partial charge is 0.127 e. The summed E-state index contributed by atoms with van der Waals surface area (Å²) >= 11 is 0. The first-order valence-corrected chi connectivity index (χ1v) is 4.52. The van der Waals surface area contributed by atoms with E-state index in [1.807, 2.05) is 12.1 Å². The largest absolute Gasteiger partial charge is 0.207 e. The summed E-state index contributed by atoms with van der Waals surface area (Å²) in [6.45, 7) is 0. The average Bonchev–Trinajstić information content (AvgIpc) is 2.18. The third kappa shape index (κ3) is 1.42. The highest BCUT2D eigenvalue weighted by molar-refractivity contribution is 5.40. The van der Waals surface area contributed by atoms with Crippen LogP contribution < -0.4 is 0 Å². The highest BCUT2D eigenvalue weighted by atomic mass is 19.1. The Kier molecular flexibility index (Phi) is 2.02. The molecule has 1 aliphatic carbocycles. The maximum absolute atomic E-state index is 13.4. The van der Waals surface area contributed by atoms with Crippen molar-refractivity contribution in [3.8, 4) is 6.07 Å². The fourth-order valence-electron chi connectivity index (χ4n) is 1.88. The number of fused-ring (bicyclic) bond motifs is 1. The SMILES string of the molecule is N#Cc1cc(F)c2c(c1)CCCC2. The summed E-state index contributed by atoms with van der Waals surface area (Å²) in [6, 6.07) is 5.13. The average molecular weight is 175 g/mol. The first kappa shape index (κ1) is 8.25. The molecule has 0 spiro atoms. The van der Waals surface area contributed by atoms with Crippen molar-refractivity contribution in [2.75, 3.05) is 0 Å². The Hall–Kier alpha value is -1.36. The van der Waals surface area contributed by atoms with E-state index in [1.54, 1.807) is 0 Å². The molecule has 1 aromatic rings. The first-order chi connectivity index (χ1) is 6.31. The number of halogens is 1. The molecule has 0 unspecified atom stereocenters. The van der Waals surface area contributed by atoms with Gasteiger partial charge in [0.15, 0.2) is 0 Å². The number of benzene rings is 1.